The Morgan fingerprint density at radius 3 is 2.29 bits per heavy atom. The Morgan fingerprint density at radius 2 is 1.68 bits per heavy atom. The maximum Gasteiger partial charge on any atom is 0.305 e. The van der Waals surface area contributed by atoms with Crippen molar-refractivity contribution < 1.29 is 44.2 Å². The Bertz CT molecular complexity index is 519. The fourth-order valence-electron chi connectivity index (χ4n) is 3.35. The smallest absolute Gasteiger partial charge is 0.305 e. The summed E-state index contributed by atoms with van der Waals surface area (Å²) in [5.41, 5.74) is 0. The van der Waals surface area contributed by atoms with Crippen LogP contribution in [0.1, 0.15) is 65.2 Å². The van der Waals surface area contributed by atoms with E-state index in [2.05, 4.69) is 12.2 Å². The Balaban J connectivity index is 2.33. The van der Waals surface area contributed by atoms with Crippen molar-refractivity contribution in [2.75, 3.05) is 19.8 Å². The zero-order valence-corrected chi connectivity index (χ0v) is 18.6. The lowest BCUT2D eigenvalue weighted by atomic mass is 9.97. The van der Waals surface area contributed by atoms with E-state index in [9.17, 15) is 30.0 Å². The summed E-state index contributed by atoms with van der Waals surface area (Å²) >= 11 is 0. The molecule has 1 amide bonds. The van der Waals surface area contributed by atoms with Gasteiger partial charge in [0, 0.05) is 13.3 Å². The SMILES string of the molecule is CCCCCCCCCC(=O)OCC(O)CO[C@@H]1O[C@H](CO)[C@@H](O)[C@H](O)[C@H]1NC(C)=O. The number of hydrogen-bond donors (Lipinski definition) is 5. The van der Waals surface area contributed by atoms with Gasteiger partial charge < -0.3 is 40.0 Å². The van der Waals surface area contributed by atoms with Crippen molar-refractivity contribution in [2.45, 2.75) is 102 Å². The molecule has 0 aromatic heterocycles. The van der Waals surface area contributed by atoms with Crippen molar-refractivity contribution in [2.24, 2.45) is 0 Å². The normalized spacial score (nSPS) is 27.0. The van der Waals surface area contributed by atoms with E-state index in [-0.39, 0.29) is 13.2 Å². The van der Waals surface area contributed by atoms with Crippen LogP contribution in [0.3, 0.4) is 0 Å². The van der Waals surface area contributed by atoms with E-state index in [4.69, 9.17) is 14.2 Å². The van der Waals surface area contributed by atoms with Crippen LogP contribution in [0.15, 0.2) is 0 Å². The molecule has 0 radical (unpaired) electrons. The standard InChI is InChI=1S/C21H39NO9/c1-3-4-5-6-7-8-9-10-17(26)29-12-15(25)13-30-21-18(22-14(2)24)20(28)19(27)16(11-23)31-21/h15-16,18-21,23,25,27-28H,3-13H2,1-2H3,(H,22,24)/t15?,16-,18-,19-,20-,21-/m1/s1. The number of rotatable bonds is 15. The molecule has 1 fully saturated rings. The van der Waals surface area contributed by atoms with Crippen molar-refractivity contribution in [1.82, 2.24) is 5.32 Å². The third-order valence-electron chi connectivity index (χ3n) is 5.12. The Hall–Kier alpha value is -1.30. The van der Waals surface area contributed by atoms with Gasteiger partial charge in [-0.1, -0.05) is 45.4 Å². The van der Waals surface area contributed by atoms with E-state index in [1.54, 1.807) is 0 Å². The Kier molecular flexibility index (Phi) is 13.9. The first kappa shape index (κ1) is 27.7. The van der Waals surface area contributed by atoms with Crippen LogP contribution < -0.4 is 5.32 Å². The summed E-state index contributed by atoms with van der Waals surface area (Å²) in [6.45, 7) is 2.27. The molecule has 0 aromatic rings. The van der Waals surface area contributed by atoms with Crippen LogP contribution in [0.5, 0.6) is 0 Å². The minimum absolute atomic E-state index is 0.262. The summed E-state index contributed by atoms with van der Waals surface area (Å²) in [6.07, 6.45) is 1.61. The maximum absolute atomic E-state index is 11.8. The van der Waals surface area contributed by atoms with Gasteiger partial charge in [-0.2, -0.15) is 0 Å². The van der Waals surface area contributed by atoms with Crippen LogP contribution in [0.25, 0.3) is 0 Å². The number of amides is 1. The van der Waals surface area contributed by atoms with Gasteiger partial charge in [-0.25, -0.2) is 0 Å². The average Bonchev–Trinajstić information content (AvgIpc) is 2.74. The summed E-state index contributed by atoms with van der Waals surface area (Å²) < 4.78 is 15.9. The molecule has 182 valence electrons. The first-order valence-corrected chi connectivity index (χ1v) is 11.1. The lowest BCUT2D eigenvalue weighted by Crippen LogP contribution is -2.64. The second-order valence-corrected chi connectivity index (χ2v) is 7.97. The molecule has 1 aliphatic heterocycles. The zero-order valence-electron chi connectivity index (χ0n) is 18.6. The van der Waals surface area contributed by atoms with Crippen molar-refractivity contribution in [3.63, 3.8) is 0 Å². The van der Waals surface area contributed by atoms with Crippen molar-refractivity contribution >= 4 is 11.9 Å². The summed E-state index contributed by atoms with van der Waals surface area (Å²) in [5.74, 6) is -0.868. The molecule has 0 spiro atoms. The highest BCUT2D eigenvalue weighted by atomic mass is 16.7. The molecular formula is C21H39NO9. The third-order valence-corrected chi connectivity index (χ3v) is 5.12. The molecule has 1 saturated heterocycles. The molecule has 6 atom stereocenters. The van der Waals surface area contributed by atoms with Gasteiger partial charge in [0.15, 0.2) is 6.29 Å². The van der Waals surface area contributed by atoms with E-state index in [1.807, 2.05) is 0 Å². The van der Waals surface area contributed by atoms with Crippen molar-refractivity contribution in [1.29, 1.82) is 0 Å². The number of carbonyl (C=O) groups is 2. The molecule has 1 aliphatic rings. The number of carbonyl (C=O) groups excluding carboxylic acids is 2. The number of aliphatic hydroxyl groups excluding tert-OH is 4. The van der Waals surface area contributed by atoms with Crippen LogP contribution in [0.2, 0.25) is 0 Å². The highest BCUT2D eigenvalue weighted by Gasteiger charge is 2.45. The average molecular weight is 450 g/mol. The molecule has 5 N–H and O–H groups in total. The molecule has 1 unspecified atom stereocenters. The van der Waals surface area contributed by atoms with Gasteiger partial charge in [0.1, 0.15) is 37.1 Å². The largest absolute Gasteiger partial charge is 0.463 e. The number of hydrogen-bond acceptors (Lipinski definition) is 9. The molecule has 0 bridgehead atoms. The molecule has 1 rings (SSSR count). The molecule has 0 saturated carbocycles. The second kappa shape index (κ2) is 15.5. The van der Waals surface area contributed by atoms with E-state index >= 15 is 0 Å². The number of unbranched alkanes of at least 4 members (excludes halogenated alkanes) is 6. The van der Waals surface area contributed by atoms with E-state index in [0.717, 1.165) is 19.3 Å². The van der Waals surface area contributed by atoms with Gasteiger partial charge in [0.05, 0.1) is 13.2 Å². The van der Waals surface area contributed by atoms with E-state index in [0.29, 0.717) is 6.42 Å². The molecule has 10 heteroatoms. The molecule has 31 heavy (non-hydrogen) atoms. The predicted octanol–water partition coefficient (Wildman–Crippen LogP) is -0.00850. The van der Waals surface area contributed by atoms with Crippen LogP contribution in [0, 0.1) is 0 Å². The highest BCUT2D eigenvalue weighted by Crippen LogP contribution is 2.22. The van der Waals surface area contributed by atoms with Gasteiger partial charge in [-0.15, -0.1) is 0 Å². The fraction of sp³-hybridized carbons (Fsp3) is 0.905. The maximum atomic E-state index is 11.8. The number of esters is 1. The third kappa shape index (κ3) is 10.7. The quantitative estimate of drug-likeness (QED) is 0.171. The van der Waals surface area contributed by atoms with Crippen molar-refractivity contribution in [3.8, 4) is 0 Å². The van der Waals surface area contributed by atoms with Crippen LogP contribution in [0.4, 0.5) is 0 Å². The number of ether oxygens (including phenoxy) is 3. The van der Waals surface area contributed by atoms with Crippen LogP contribution >= 0.6 is 0 Å². The van der Waals surface area contributed by atoms with Gasteiger partial charge in [0.25, 0.3) is 0 Å². The monoisotopic (exact) mass is 449 g/mol. The Morgan fingerprint density at radius 1 is 1.03 bits per heavy atom. The number of aliphatic hydroxyl groups is 4. The van der Waals surface area contributed by atoms with Gasteiger partial charge in [-0.05, 0) is 6.42 Å². The Labute approximate surface area is 183 Å². The van der Waals surface area contributed by atoms with Crippen molar-refractivity contribution in [3.05, 3.63) is 0 Å². The number of nitrogens with one attached hydrogen (secondary N) is 1. The zero-order chi connectivity index (χ0) is 23.2. The summed E-state index contributed by atoms with van der Waals surface area (Å²) in [4.78, 5) is 23.2. The summed E-state index contributed by atoms with van der Waals surface area (Å²) in [5, 5.41) is 41.9. The summed E-state index contributed by atoms with van der Waals surface area (Å²) in [6, 6.07) is -1.10. The molecule has 1 heterocycles. The summed E-state index contributed by atoms with van der Waals surface area (Å²) in [7, 11) is 0. The fourth-order valence-corrected chi connectivity index (χ4v) is 3.35. The lowest BCUT2D eigenvalue weighted by molar-refractivity contribution is -0.275. The minimum atomic E-state index is -1.43. The molecule has 10 nitrogen and oxygen atoms in total. The second-order valence-electron chi connectivity index (χ2n) is 7.97. The van der Waals surface area contributed by atoms with E-state index < -0.39 is 55.2 Å². The van der Waals surface area contributed by atoms with Gasteiger partial charge >= 0.3 is 5.97 Å². The first-order valence-electron chi connectivity index (χ1n) is 11.1. The predicted molar refractivity (Wildman–Crippen MR) is 111 cm³/mol. The lowest BCUT2D eigenvalue weighted by Gasteiger charge is -2.42. The molecule has 0 aliphatic carbocycles. The molecular weight excluding hydrogens is 410 g/mol. The van der Waals surface area contributed by atoms with Gasteiger partial charge in [0.2, 0.25) is 5.91 Å². The topological polar surface area (TPSA) is 155 Å². The van der Waals surface area contributed by atoms with E-state index in [1.165, 1.54) is 32.6 Å². The van der Waals surface area contributed by atoms with Crippen LogP contribution in [-0.2, 0) is 23.8 Å². The minimum Gasteiger partial charge on any atom is -0.463 e. The first-order chi connectivity index (χ1) is 14.8. The highest BCUT2D eigenvalue weighted by molar-refractivity contribution is 5.73. The van der Waals surface area contributed by atoms with Gasteiger partial charge in [-0.3, -0.25) is 9.59 Å². The molecule has 0 aromatic carbocycles. The van der Waals surface area contributed by atoms with Crippen LogP contribution in [-0.4, -0.2) is 88.9 Å².